The van der Waals surface area contributed by atoms with Crippen LogP contribution in [0.1, 0.15) is 30.1 Å². The molecule has 1 atom stereocenters. The lowest BCUT2D eigenvalue weighted by Gasteiger charge is -2.32. The summed E-state index contributed by atoms with van der Waals surface area (Å²) in [6.45, 7) is 2.62. The lowest BCUT2D eigenvalue weighted by molar-refractivity contribution is 0.196. The Hall–Kier alpha value is -3.00. The van der Waals surface area contributed by atoms with Gasteiger partial charge >= 0.3 is 0 Å². The van der Waals surface area contributed by atoms with Crippen LogP contribution in [-0.4, -0.2) is 42.9 Å². The van der Waals surface area contributed by atoms with E-state index in [9.17, 15) is 4.39 Å². The van der Waals surface area contributed by atoms with Crippen molar-refractivity contribution in [2.45, 2.75) is 25.3 Å². The molecule has 1 fully saturated rings. The maximum absolute atomic E-state index is 13.0. The highest BCUT2D eigenvalue weighted by Crippen LogP contribution is 2.26. The molecule has 0 bridgehead atoms. The van der Waals surface area contributed by atoms with Crippen molar-refractivity contribution in [2.75, 3.05) is 18.4 Å². The van der Waals surface area contributed by atoms with Gasteiger partial charge in [-0.25, -0.2) is 19.3 Å². The number of pyridine rings is 1. The second-order valence-electron chi connectivity index (χ2n) is 6.57. The predicted molar refractivity (Wildman–Crippen MR) is 98.8 cm³/mol. The Morgan fingerprint density at radius 1 is 1.04 bits per heavy atom. The molecule has 0 radical (unpaired) electrons. The van der Waals surface area contributed by atoms with Crippen molar-refractivity contribution in [3.05, 3.63) is 66.4 Å². The third-order valence-corrected chi connectivity index (χ3v) is 4.58. The summed E-state index contributed by atoms with van der Waals surface area (Å²) in [6.07, 6.45) is 10.3. The number of anilines is 2. The Balaban J connectivity index is 1.38. The second-order valence-corrected chi connectivity index (χ2v) is 6.57. The van der Waals surface area contributed by atoms with Crippen LogP contribution in [0.5, 0.6) is 0 Å². The predicted octanol–water partition coefficient (Wildman–Crippen LogP) is 2.92. The van der Waals surface area contributed by atoms with Gasteiger partial charge in [-0.1, -0.05) is 0 Å². The minimum absolute atomic E-state index is 0.305. The lowest BCUT2D eigenvalue weighted by Crippen LogP contribution is -2.34. The number of rotatable bonds is 5. The molecule has 1 N–H and O–H groups in total. The fraction of sp³-hybridized carbons (Fsp3) is 0.316. The van der Waals surface area contributed by atoms with Gasteiger partial charge in [0.05, 0.1) is 30.0 Å². The van der Waals surface area contributed by atoms with E-state index in [0.717, 1.165) is 43.9 Å². The van der Waals surface area contributed by atoms with E-state index in [0.29, 0.717) is 17.7 Å². The van der Waals surface area contributed by atoms with Crippen LogP contribution in [-0.2, 0) is 6.54 Å². The molecule has 0 spiro atoms. The molecule has 27 heavy (non-hydrogen) atoms. The van der Waals surface area contributed by atoms with Gasteiger partial charge in [-0.05, 0) is 37.6 Å². The van der Waals surface area contributed by atoms with Crippen LogP contribution in [0.2, 0.25) is 0 Å². The number of hydrogen-bond donors (Lipinski definition) is 1. The fourth-order valence-corrected chi connectivity index (χ4v) is 3.26. The first-order valence-corrected chi connectivity index (χ1v) is 8.95. The van der Waals surface area contributed by atoms with Gasteiger partial charge in [-0.3, -0.25) is 14.9 Å². The normalized spacial score (nSPS) is 17.6. The summed E-state index contributed by atoms with van der Waals surface area (Å²) in [5.41, 5.74) is 1.86. The Morgan fingerprint density at radius 2 is 1.93 bits per heavy atom. The zero-order chi connectivity index (χ0) is 18.5. The average Bonchev–Trinajstić information content (AvgIpc) is 2.71. The summed E-state index contributed by atoms with van der Waals surface area (Å²) >= 11 is 0. The van der Waals surface area contributed by atoms with E-state index in [-0.39, 0.29) is 5.82 Å². The van der Waals surface area contributed by atoms with Gasteiger partial charge in [-0.15, -0.1) is 0 Å². The first-order valence-electron chi connectivity index (χ1n) is 8.95. The Kier molecular flexibility index (Phi) is 5.24. The molecule has 4 heterocycles. The van der Waals surface area contributed by atoms with E-state index in [4.69, 9.17) is 0 Å². The topological polar surface area (TPSA) is 79.7 Å². The lowest BCUT2D eigenvalue weighted by atomic mass is 9.95. The summed E-state index contributed by atoms with van der Waals surface area (Å²) in [6, 6.07) is 4.96. The van der Waals surface area contributed by atoms with Crippen LogP contribution in [0, 0.1) is 5.82 Å². The molecule has 8 heteroatoms. The highest BCUT2D eigenvalue weighted by atomic mass is 19.1. The third kappa shape index (κ3) is 4.59. The van der Waals surface area contributed by atoms with Crippen LogP contribution in [0.4, 0.5) is 16.2 Å². The van der Waals surface area contributed by atoms with Crippen LogP contribution in [0.15, 0.2) is 49.2 Å². The molecule has 3 aromatic rings. The van der Waals surface area contributed by atoms with Crippen LogP contribution in [0.25, 0.3) is 0 Å². The van der Waals surface area contributed by atoms with E-state index < -0.39 is 0 Å². The smallest absolute Gasteiger partial charge is 0.228 e. The minimum Gasteiger partial charge on any atom is -0.307 e. The first kappa shape index (κ1) is 17.4. The van der Waals surface area contributed by atoms with Crippen molar-refractivity contribution in [3.8, 4) is 0 Å². The Morgan fingerprint density at radius 3 is 2.67 bits per heavy atom. The Labute approximate surface area is 156 Å². The number of hydrogen-bond acceptors (Lipinski definition) is 7. The van der Waals surface area contributed by atoms with Gasteiger partial charge in [0, 0.05) is 31.4 Å². The number of likely N-dealkylation sites (tertiary alicyclic amines) is 1. The molecular formula is C19H20FN7. The maximum Gasteiger partial charge on any atom is 0.228 e. The molecule has 0 amide bonds. The average molecular weight is 365 g/mol. The molecule has 0 aromatic carbocycles. The van der Waals surface area contributed by atoms with Crippen LogP contribution in [0.3, 0.4) is 0 Å². The van der Waals surface area contributed by atoms with Gasteiger partial charge in [-0.2, -0.15) is 0 Å². The quantitative estimate of drug-likeness (QED) is 0.744. The maximum atomic E-state index is 13.0. The molecule has 4 rings (SSSR count). The van der Waals surface area contributed by atoms with Crippen molar-refractivity contribution in [1.82, 2.24) is 29.8 Å². The number of halogens is 1. The molecule has 0 aliphatic carbocycles. The molecular weight excluding hydrogens is 345 g/mol. The van der Waals surface area contributed by atoms with Crippen molar-refractivity contribution in [2.24, 2.45) is 0 Å². The molecule has 0 saturated carbocycles. The number of aromatic nitrogens is 5. The minimum atomic E-state index is -0.305. The summed E-state index contributed by atoms with van der Waals surface area (Å²) in [5, 5.41) is 3.03. The van der Waals surface area contributed by atoms with E-state index >= 15 is 0 Å². The molecule has 7 nitrogen and oxygen atoms in total. The van der Waals surface area contributed by atoms with Gasteiger partial charge in [0.1, 0.15) is 5.82 Å². The van der Waals surface area contributed by atoms with Gasteiger partial charge in [0.2, 0.25) is 5.95 Å². The van der Waals surface area contributed by atoms with Gasteiger partial charge in [0.25, 0.3) is 0 Å². The van der Waals surface area contributed by atoms with Crippen molar-refractivity contribution < 1.29 is 4.39 Å². The highest BCUT2D eigenvalue weighted by molar-refractivity contribution is 5.45. The van der Waals surface area contributed by atoms with Crippen molar-refractivity contribution >= 4 is 11.8 Å². The zero-order valence-electron chi connectivity index (χ0n) is 14.8. The number of piperidine rings is 1. The zero-order valence-corrected chi connectivity index (χ0v) is 14.8. The molecule has 1 saturated heterocycles. The SMILES string of the molecule is Fc1ccc(CN2CCCC(c3cnc(Nc4ncccn4)cn3)C2)nc1. The highest BCUT2D eigenvalue weighted by Gasteiger charge is 2.23. The Bertz CT molecular complexity index is 855. The van der Waals surface area contributed by atoms with Crippen molar-refractivity contribution in [1.29, 1.82) is 0 Å². The van der Waals surface area contributed by atoms with Crippen LogP contribution >= 0.6 is 0 Å². The van der Waals surface area contributed by atoms with E-state index in [1.165, 1.54) is 12.3 Å². The van der Waals surface area contributed by atoms with Gasteiger partial charge in [0.15, 0.2) is 5.82 Å². The second kappa shape index (κ2) is 8.13. The van der Waals surface area contributed by atoms with Crippen LogP contribution < -0.4 is 5.32 Å². The standard InChI is InChI=1S/C19H20FN7/c20-15-4-5-16(23-9-15)13-27-8-1-3-14(12-27)17-10-25-18(11-24-17)26-19-21-6-2-7-22-19/h2,4-7,9-11,14H,1,3,8,12-13H2,(H,21,22,25,26). The summed E-state index contributed by atoms with van der Waals surface area (Å²) < 4.78 is 13.0. The van der Waals surface area contributed by atoms with E-state index in [1.807, 2.05) is 6.20 Å². The molecule has 3 aromatic heterocycles. The molecule has 138 valence electrons. The summed E-state index contributed by atoms with van der Waals surface area (Å²) in [5.74, 6) is 1.14. The van der Waals surface area contributed by atoms with E-state index in [2.05, 4.69) is 35.1 Å². The largest absolute Gasteiger partial charge is 0.307 e. The number of nitrogens with zero attached hydrogens (tertiary/aromatic N) is 6. The monoisotopic (exact) mass is 365 g/mol. The molecule has 1 unspecified atom stereocenters. The van der Waals surface area contributed by atoms with Gasteiger partial charge < -0.3 is 5.32 Å². The molecule has 1 aliphatic rings. The van der Waals surface area contributed by atoms with Crippen molar-refractivity contribution in [3.63, 3.8) is 0 Å². The number of nitrogens with one attached hydrogen (secondary N) is 1. The van der Waals surface area contributed by atoms with E-state index in [1.54, 1.807) is 30.7 Å². The molecule has 1 aliphatic heterocycles. The third-order valence-electron chi connectivity index (χ3n) is 4.58. The summed E-state index contributed by atoms with van der Waals surface area (Å²) in [4.78, 5) is 23.7. The fourth-order valence-electron chi connectivity index (χ4n) is 3.26. The summed E-state index contributed by atoms with van der Waals surface area (Å²) in [7, 11) is 0. The first-order chi connectivity index (χ1) is 13.3.